The van der Waals surface area contributed by atoms with Gasteiger partial charge < -0.3 is 10.4 Å². The number of aliphatic carboxylic acids is 1. The third-order valence-electron chi connectivity index (χ3n) is 2.67. The molecule has 1 aliphatic carbocycles. The molecule has 1 rings (SSSR count). The van der Waals surface area contributed by atoms with Gasteiger partial charge in [0.2, 0.25) is 5.91 Å². The van der Waals surface area contributed by atoms with Crippen LogP contribution in [0.5, 0.6) is 0 Å². The largest absolute Gasteiger partial charge is 0.481 e. The van der Waals surface area contributed by atoms with E-state index in [9.17, 15) is 9.59 Å². The first-order valence-corrected chi connectivity index (χ1v) is 6.46. The number of carboxylic acid groups (broad SMARTS) is 1. The van der Waals surface area contributed by atoms with E-state index in [1.807, 2.05) is 6.26 Å². The Hall–Kier alpha value is -0.710. The SMILES string of the molecule is CSC1CCCC1NC(=O)CCC(=O)O. The highest BCUT2D eigenvalue weighted by atomic mass is 32.2. The van der Waals surface area contributed by atoms with E-state index in [-0.39, 0.29) is 24.8 Å². The first kappa shape index (κ1) is 12.4. The molecule has 1 amide bonds. The number of nitrogens with one attached hydrogen (secondary N) is 1. The standard InChI is InChI=1S/C10H17NO3S/c1-15-8-4-2-3-7(8)11-9(12)5-6-10(13)14/h7-8H,2-6H2,1H3,(H,11,12)(H,13,14). The molecule has 0 spiro atoms. The molecule has 1 saturated carbocycles. The molecule has 0 aliphatic heterocycles. The van der Waals surface area contributed by atoms with Gasteiger partial charge in [-0.2, -0.15) is 11.8 Å². The summed E-state index contributed by atoms with van der Waals surface area (Å²) in [7, 11) is 0. The zero-order valence-electron chi connectivity index (χ0n) is 8.86. The quantitative estimate of drug-likeness (QED) is 0.747. The van der Waals surface area contributed by atoms with Crippen molar-refractivity contribution in [1.29, 1.82) is 0 Å². The third-order valence-corrected chi connectivity index (χ3v) is 3.84. The molecule has 2 N–H and O–H groups in total. The molecule has 86 valence electrons. The molecule has 0 aromatic carbocycles. The number of thioether (sulfide) groups is 1. The summed E-state index contributed by atoms with van der Waals surface area (Å²) >= 11 is 1.78. The molecule has 4 nitrogen and oxygen atoms in total. The van der Waals surface area contributed by atoms with Gasteiger partial charge in [0.05, 0.1) is 6.42 Å². The van der Waals surface area contributed by atoms with Crippen molar-refractivity contribution in [2.24, 2.45) is 0 Å². The fraction of sp³-hybridized carbons (Fsp3) is 0.800. The van der Waals surface area contributed by atoms with Crippen LogP contribution in [0.2, 0.25) is 0 Å². The van der Waals surface area contributed by atoms with Gasteiger partial charge in [0, 0.05) is 17.7 Å². The van der Waals surface area contributed by atoms with Crippen molar-refractivity contribution in [2.75, 3.05) is 6.26 Å². The van der Waals surface area contributed by atoms with Gasteiger partial charge in [-0.1, -0.05) is 6.42 Å². The number of rotatable bonds is 5. The maximum absolute atomic E-state index is 11.4. The molecule has 0 radical (unpaired) electrons. The first-order valence-electron chi connectivity index (χ1n) is 5.17. The highest BCUT2D eigenvalue weighted by Gasteiger charge is 2.27. The molecular formula is C10H17NO3S. The number of carboxylic acids is 1. The summed E-state index contributed by atoms with van der Waals surface area (Å²) in [4.78, 5) is 21.7. The second-order valence-electron chi connectivity index (χ2n) is 3.77. The number of hydrogen-bond donors (Lipinski definition) is 2. The second kappa shape index (κ2) is 6.00. The molecule has 0 saturated heterocycles. The van der Waals surface area contributed by atoms with Crippen molar-refractivity contribution in [1.82, 2.24) is 5.32 Å². The Morgan fingerprint density at radius 2 is 2.13 bits per heavy atom. The van der Waals surface area contributed by atoms with Crippen LogP contribution in [0, 0.1) is 0 Å². The van der Waals surface area contributed by atoms with E-state index in [1.54, 1.807) is 11.8 Å². The average Bonchev–Trinajstić information content (AvgIpc) is 2.62. The Labute approximate surface area is 93.8 Å². The van der Waals surface area contributed by atoms with E-state index in [2.05, 4.69) is 5.32 Å². The maximum Gasteiger partial charge on any atom is 0.303 e. The molecule has 0 bridgehead atoms. The van der Waals surface area contributed by atoms with Crippen LogP contribution in [-0.2, 0) is 9.59 Å². The molecule has 0 aromatic rings. The lowest BCUT2D eigenvalue weighted by atomic mass is 10.2. The molecule has 1 aliphatic rings. The monoisotopic (exact) mass is 231 g/mol. The van der Waals surface area contributed by atoms with Gasteiger partial charge in [-0.3, -0.25) is 9.59 Å². The van der Waals surface area contributed by atoms with Crippen molar-refractivity contribution in [3.05, 3.63) is 0 Å². The van der Waals surface area contributed by atoms with Crippen molar-refractivity contribution in [2.45, 2.75) is 43.4 Å². The Bertz CT molecular complexity index is 245. The van der Waals surface area contributed by atoms with Gasteiger partial charge >= 0.3 is 5.97 Å². The molecule has 0 aromatic heterocycles. The van der Waals surface area contributed by atoms with Crippen LogP contribution in [-0.4, -0.2) is 34.5 Å². The topological polar surface area (TPSA) is 66.4 Å². The van der Waals surface area contributed by atoms with Gasteiger partial charge in [-0.05, 0) is 19.1 Å². The summed E-state index contributed by atoms with van der Waals surface area (Å²) in [5.74, 6) is -1.05. The molecule has 1 fully saturated rings. The first-order chi connectivity index (χ1) is 7.13. The van der Waals surface area contributed by atoms with Crippen LogP contribution in [0.15, 0.2) is 0 Å². The van der Waals surface area contributed by atoms with Gasteiger partial charge in [0.15, 0.2) is 0 Å². The van der Waals surface area contributed by atoms with E-state index >= 15 is 0 Å². The van der Waals surface area contributed by atoms with Crippen molar-refractivity contribution >= 4 is 23.6 Å². The van der Waals surface area contributed by atoms with Gasteiger partial charge in [0.25, 0.3) is 0 Å². The van der Waals surface area contributed by atoms with Gasteiger partial charge in [0.1, 0.15) is 0 Å². The number of carbonyl (C=O) groups excluding carboxylic acids is 1. The number of hydrogen-bond acceptors (Lipinski definition) is 3. The average molecular weight is 231 g/mol. The van der Waals surface area contributed by atoms with Crippen LogP contribution in [0.25, 0.3) is 0 Å². The third kappa shape index (κ3) is 4.11. The Balaban J connectivity index is 2.27. The smallest absolute Gasteiger partial charge is 0.303 e. The van der Waals surface area contributed by atoms with Crippen LogP contribution in [0.1, 0.15) is 32.1 Å². The van der Waals surface area contributed by atoms with Crippen LogP contribution in [0.4, 0.5) is 0 Å². The summed E-state index contributed by atoms with van der Waals surface area (Å²) in [6, 6.07) is 0.237. The summed E-state index contributed by atoms with van der Waals surface area (Å²) in [5, 5.41) is 11.8. The van der Waals surface area contributed by atoms with Crippen molar-refractivity contribution in [3.8, 4) is 0 Å². The molecule has 5 heteroatoms. The number of carbonyl (C=O) groups is 2. The van der Waals surface area contributed by atoms with Crippen molar-refractivity contribution < 1.29 is 14.7 Å². The summed E-state index contributed by atoms with van der Waals surface area (Å²) < 4.78 is 0. The van der Waals surface area contributed by atoms with E-state index in [1.165, 1.54) is 0 Å². The lowest BCUT2D eigenvalue weighted by Gasteiger charge is -2.18. The predicted molar refractivity (Wildman–Crippen MR) is 60.0 cm³/mol. The zero-order valence-corrected chi connectivity index (χ0v) is 9.68. The minimum Gasteiger partial charge on any atom is -0.481 e. The van der Waals surface area contributed by atoms with Crippen LogP contribution < -0.4 is 5.32 Å². The number of amides is 1. The molecule has 2 atom stereocenters. The van der Waals surface area contributed by atoms with Gasteiger partial charge in [-0.25, -0.2) is 0 Å². The highest BCUT2D eigenvalue weighted by Crippen LogP contribution is 2.28. The van der Waals surface area contributed by atoms with Crippen molar-refractivity contribution in [3.63, 3.8) is 0 Å². The minimum atomic E-state index is -0.919. The zero-order chi connectivity index (χ0) is 11.3. The van der Waals surface area contributed by atoms with Crippen LogP contribution in [0.3, 0.4) is 0 Å². The highest BCUT2D eigenvalue weighted by molar-refractivity contribution is 7.99. The second-order valence-corrected chi connectivity index (χ2v) is 4.85. The molecule has 0 heterocycles. The maximum atomic E-state index is 11.4. The molecular weight excluding hydrogens is 214 g/mol. The summed E-state index contributed by atoms with van der Waals surface area (Å²) in [6.07, 6.45) is 5.37. The van der Waals surface area contributed by atoms with Crippen LogP contribution >= 0.6 is 11.8 Å². The van der Waals surface area contributed by atoms with E-state index in [0.29, 0.717) is 5.25 Å². The molecule has 15 heavy (non-hydrogen) atoms. The Morgan fingerprint density at radius 1 is 1.40 bits per heavy atom. The van der Waals surface area contributed by atoms with E-state index < -0.39 is 5.97 Å². The van der Waals surface area contributed by atoms with Gasteiger partial charge in [-0.15, -0.1) is 0 Å². The van der Waals surface area contributed by atoms with E-state index in [4.69, 9.17) is 5.11 Å². The fourth-order valence-corrected chi connectivity index (χ4v) is 2.81. The fourth-order valence-electron chi connectivity index (χ4n) is 1.87. The Morgan fingerprint density at radius 3 is 2.73 bits per heavy atom. The van der Waals surface area contributed by atoms with E-state index in [0.717, 1.165) is 19.3 Å². The predicted octanol–water partition coefficient (Wildman–Crippen LogP) is 1.25. The normalized spacial score (nSPS) is 25.1. The summed E-state index contributed by atoms with van der Waals surface area (Å²) in [6.45, 7) is 0. The Kier molecular flexibility index (Phi) is 4.94. The lowest BCUT2D eigenvalue weighted by molar-refractivity contribution is -0.138. The minimum absolute atomic E-state index is 0.0809. The molecule has 2 unspecified atom stereocenters. The lowest BCUT2D eigenvalue weighted by Crippen LogP contribution is -2.38. The summed E-state index contributed by atoms with van der Waals surface area (Å²) in [5.41, 5.74) is 0.